The third-order valence-electron chi connectivity index (χ3n) is 4.18. The Labute approximate surface area is 113 Å². The monoisotopic (exact) mass is 256 g/mol. The highest BCUT2D eigenvalue weighted by Crippen LogP contribution is 2.19. The summed E-state index contributed by atoms with van der Waals surface area (Å²) in [4.78, 5) is 2.59. The molecule has 0 saturated carbocycles. The van der Waals surface area contributed by atoms with Gasteiger partial charge in [-0.05, 0) is 33.6 Å². The number of hydrogen-bond donors (Lipinski definition) is 1. The van der Waals surface area contributed by atoms with E-state index in [2.05, 4.69) is 51.8 Å². The van der Waals surface area contributed by atoms with Gasteiger partial charge in [-0.25, -0.2) is 0 Å². The van der Waals surface area contributed by atoms with Crippen molar-refractivity contribution >= 4 is 0 Å². The van der Waals surface area contributed by atoms with Crippen LogP contribution in [-0.4, -0.2) is 48.8 Å². The van der Waals surface area contributed by atoms with Gasteiger partial charge >= 0.3 is 0 Å². The molecule has 3 heteroatoms. The minimum atomic E-state index is -0.0413. The SMILES string of the molecule is CCOC(C)(C)CN1CC(C(C)CC)NCC1C. The molecule has 1 saturated heterocycles. The highest BCUT2D eigenvalue weighted by molar-refractivity contribution is 4.89. The topological polar surface area (TPSA) is 24.5 Å². The molecule has 0 aromatic carbocycles. The zero-order valence-electron chi connectivity index (χ0n) is 13.1. The smallest absolute Gasteiger partial charge is 0.0752 e. The summed E-state index contributed by atoms with van der Waals surface area (Å²) in [5.41, 5.74) is -0.0413. The second-order valence-corrected chi connectivity index (χ2v) is 6.37. The molecule has 18 heavy (non-hydrogen) atoms. The Morgan fingerprint density at radius 1 is 1.39 bits per heavy atom. The number of piperazine rings is 1. The molecule has 3 unspecified atom stereocenters. The first-order valence-corrected chi connectivity index (χ1v) is 7.51. The summed E-state index contributed by atoms with van der Waals surface area (Å²) in [5.74, 6) is 0.746. The zero-order chi connectivity index (χ0) is 13.8. The highest BCUT2D eigenvalue weighted by Gasteiger charge is 2.31. The first-order valence-electron chi connectivity index (χ1n) is 7.51. The van der Waals surface area contributed by atoms with Gasteiger partial charge in [-0.15, -0.1) is 0 Å². The Bertz CT molecular complexity index is 243. The van der Waals surface area contributed by atoms with E-state index in [0.717, 1.165) is 32.2 Å². The van der Waals surface area contributed by atoms with Gasteiger partial charge in [-0.2, -0.15) is 0 Å². The molecule has 0 spiro atoms. The van der Waals surface area contributed by atoms with Crippen LogP contribution in [0, 0.1) is 5.92 Å². The Morgan fingerprint density at radius 3 is 2.61 bits per heavy atom. The summed E-state index contributed by atoms with van der Waals surface area (Å²) in [6.45, 7) is 17.5. The molecule has 3 atom stereocenters. The molecule has 1 fully saturated rings. The maximum absolute atomic E-state index is 5.84. The van der Waals surface area contributed by atoms with Crippen molar-refractivity contribution in [1.82, 2.24) is 10.2 Å². The molecule has 1 N–H and O–H groups in total. The molecule has 0 amide bonds. The maximum atomic E-state index is 5.84. The van der Waals surface area contributed by atoms with Gasteiger partial charge in [0.25, 0.3) is 0 Å². The highest BCUT2D eigenvalue weighted by atomic mass is 16.5. The van der Waals surface area contributed by atoms with Crippen molar-refractivity contribution < 1.29 is 4.74 Å². The standard InChI is InChI=1S/C15H32N2O/c1-7-12(3)14-10-17(13(4)9-16-14)11-15(5,6)18-8-2/h12-14,16H,7-11H2,1-6H3. The lowest BCUT2D eigenvalue weighted by atomic mass is 9.94. The van der Waals surface area contributed by atoms with Crippen LogP contribution in [0.3, 0.4) is 0 Å². The molecule has 0 aromatic heterocycles. The maximum Gasteiger partial charge on any atom is 0.0752 e. The van der Waals surface area contributed by atoms with Crippen LogP contribution >= 0.6 is 0 Å². The van der Waals surface area contributed by atoms with Crippen LogP contribution in [0.4, 0.5) is 0 Å². The van der Waals surface area contributed by atoms with E-state index < -0.39 is 0 Å². The molecule has 1 aliphatic rings. The van der Waals surface area contributed by atoms with E-state index in [0.29, 0.717) is 12.1 Å². The van der Waals surface area contributed by atoms with Crippen LogP contribution in [0.2, 0.25) is 0 Å². The summed E-state index contributed by atoms with van der Waals surface area (Å²) >= 11 is 0. The van der Waals surface area contributed by atoms with Gasteiger partial charge in [0.2, 0.25) is 0 Å². The van der Waals surface area contributed by atoms with E-state index in [1.165, 1.54) is 6.42 Å². The predicted octanol–water partition coefficient (Wildman–Crippen LogP) is 2.51. The minimum absolute atomic E-state index is 0.0413. The van der Waals surface area contributed by atoms with E-state index >= 15 is 0 Å². The molecule has 108 valence electrons. The Kier molecular flexibility index (Phi) is 6.09. The van der Waals surface area contributed by atoms with Crippen LogP contribution in [0.1, 0.15) is 48.0 Å². The fraction of sp³-hybridized carbons (Fsp3) is 1.00. The van der Waals surface area contributed by atoms with E-state index in [-0.39, 0.29) is 5.60 Å². The molecule has 0 aromatic rings. The molecule has 1 heterocycles. The van der Waals surface area contributed by atoms with Gasteiger partial charge in [0.05, 0.1) is 5.60 Å². The van der Waals surface area contributed by atoms with Gasteiger partial charge < -0.3 is 10.1 Å². The summed E-state index contributed by atoms with van der Waals surface area (Å²) < 4.78 is 5.84. The van der Waals surface area contributed by atoms with Gasteiger partial charge in [0.1, 0.15) is 0 Å². The van der Waals surface area contributed by atoms with E-state index in [9.17, 15) is 0 Å². The van der Waals surface area contributed by atoms with Gasteiger partial charge in [-0.3, -0.25) is 4.90 Å². The first-order chi connectivity index (χ1) is 8.39. The Balaban J connectivity index is 2.57. The van der Waals surface area contributed by atoms with Gasteiger partial charge in [-0.1, -0.05) is 20.3 Å². The quantitative estimate of drug-likeness (QED) is 0.790. The number of nitrogens with one attached hydrogen (secondary N) is 1. The predicted molar refractivity (Wildman–Crippen MR) is 78.0 cm³/mol. The third kappa shape index (κ3) is 4.52. The van der Waals surface area contributed by atoms with E-state index in [1.807, 2.05) is 0 Å². The lowest BCUT2D eigenvalue weighted by molar-refractivity contribution is -0.0489. The molecule has 0 radical (unpaired) electrons. The number of rotatable bonds is 6. The molecular weight excluding hydrogens is 224 g/mol. The fourth-order valence-electron chi connectivity index (χ4n) is 2.76. The van der Waals surface area contributed by atoms with Crippen molar-refractivity contribution in [3.63, 3.8) is 0 Å². The molecule has 1 aliphatic heterocycles. The average molecular weight is 256 g/mol. The molecule has 0 bridgehead atoms. The molecular formula is C15H32N2O. The second kappa shape index (κ2) is 6.88. The van der Waals surface area contributed by atoms with Crippen molar-refractivity contribution in [1.29, 1.82) is 0 Å². The lowest BCUT2D eigenvalue weighted by Crippen LogP contribution is -2.60. The van der Waals surface area contributed by atoms with Crippen LogP contribution in [0.15, 0.2) is 0 Å². The summed E-state index contributed by atoms with van der Waals surface area (Å²) in [6, 6.07) is 1.23. The van der Waals surface area contributed by atoms with Crippen LogP contribution in [-0.2, 0) is 4.74 Å². The molecule has 0 aliphatic carbocycles. The van der Waals surface area contributed by atoms with E-state index in [1.54, 1.807) is 0 Å². The van der Waals surface area contributed by atoms with E-state index in [4.69, 9.17) is 4.74 Å². The van der Waals surface area contributed by atoms with Crippen LogP contribution in [0.5, 0.6) is 0 Å². The summed E-state index contributed by atoms with van der Waals surface area (Å²) in [6.07, 6.45) is 1.24. The van der Waals surface area contributed by atoms with Crippen molar-refractivity contribution in [2.45, 2.75) is 65.6 Å². The van der Waals surface area contributed by atoms with Gasteiger partial charge in [0, 0.05) is 38.3 Å². The fourth-order valence-corrected chi connectivity index (χ4v) is 2.76. The summed E-state index contributed by atoms with van der Waals surface area (Å²) in [5, 5.41) is 3.68. The molecule has 1 rings (SSSR count). The number of hydrogen-bond acceptors (Lipinski definition) is 3. The third-order valence-corrected chi connectivity index (χ3v) is 4.18. The van der Waals surface area contributed by atoms with Crippen molar-refractivity contribution in [2.75, 3.05) is 26.2 Å². The normalized spacial score (nSPS) is 28.3. The van der Waals surface area contributed by atoms with Gasteiger partial charge in [0.15, 0.2) is 0 Å². The zero-order valence-corrected chi connectivity index (χ0v) is 13.1. The Morgan fingerprint density at radius 2 is 2.06 bits per heavy atom. The second-order valence-electron chi connectivity index (χ2n) is 6.37. The van der Waals surface area contributed by atoms with Crippen LogP contribution < -0.4 is 5.32 Å². The lowest BCUT2D eigenvalue weighted by Gasteiger charge is -2.44. The molecule has 3 nitrogen and oxygen atoms in total. The minimum Gasteiger partial charge on any atom is -0.375 e. The van der Waals surface area contributed by atoms with Crippen LogP contribution in [0.25, 0.3) is 0 Å². The number of nitrogens with zero attached hydrogens (tertiary/aromatic N) is 1. The summed E-state index contributed by atoms with van der Waals surface area (Å²) in [7, 11) is 0. The number of ether oxygens (including phenoxy) is 1. The van der Waals surface area contributed by atoms with Crippen molar-refractivity contribution in [3.05, 3.63) is 0 Å². The first kappa shape index (κ1) is 15.9. The average Bonchev–Trinajstić information content (AvgIpc) is 2.30. The largest absolute Gasteiger partial charge is 0.375 e. The van der Waals surface area contributed by atoms with Crippen molar-refractivity contribution in [2.24, 2.45) is 5.92 Å². The Hall–Kier alpha value is -0.120. The van der Waals surface area contributed by atoms with Crippen molar-refractivity contribution in [3.8, 4) is 0 Å².